The van der Waals surface area contributed by atoms with E-state index in [2.05, 4.69) is 47.8 Å². The first-order chi connectivity index (χ1) is 14.9. The molecule has 0 N–H and O–H groups in total. The molecule has 1 heterocycles. The van der Waals surface area contributed by atoms with Crippen LogP contribution >= 0.6 is 0 Å². The first kappa shape index (κ1) is 27.8. The average Bonchev–Trinajstić information content (AvgIpc) is 2.76. The highest BCUT2D eigenvalue weighted by Gasteiger charge is 2.55. The number of hydrogen-bond acceptors (Lipinski definition) is 8. The summed E-state index contributed by atoms with van der Waals surface area (Å²) in [4.78, 5) is 41.4. The van der Waals surface area contributed by atoms with Crippen LogP contribution in [0.15, 0.2) is 24.8 Å². The first-order valence-electron chi connectivity index (χ1n) is 11.2. The third kappa shape index (κ3) is 6.90. The number of carbonyl (C=O) groups is 3. The third-order valence-electron chi connectivity index (χ3n) is 6.50. The molecule has 0 aromatic rings. The van der Waals surface area contributed by atoms with E-state index in [1.807, 2.05) is 5.06 Å². The van der Waals surface area contributed by atoms with E-state index in [-0.39, 0.29) is 49.8 Å². The van der Waals surface area contributed by atoms with E-state index in [0.29, 0.717) is 12.0 Å². The molecular weight excluding hydrogens is 414 g/mol. The Labute approximate surface area is 191 Å². The molecular formula is C24H39NO7. The minimum Gasteiger partial charge on any atom is -0.462 e. The maximum absolute atomic E-state index is 12.2. The van der Waals surface area contributed by atoms with Crippen LogP contribution in [0.5, 0.6) is 0 Å². The Kier molecular flexibility index (Phi) is 10.6. The number of piperidine rings is 1. The Hall–Kier alpha value is -2.19. The molecule has 32 heavy (non-hydrogen) atoms. The number of rotatable bonds is 12. The smallest absolute Gasteiger partial charge is 0.333 e. The van der Waals surface area contributed by atoms with Gasteiger partial charge in [-0.1, -0.05) is 33.9 Å². The van der Waals surface area contributed by atoms with Gasteiger partial charge in [-0.15, -0.1) is 0 Å². The molecule has 1 aliphatic heterocycles. The van der Waals surface area contributed by atoms with Crippen molar-refractivity contribution in [3.63, 3.8) is 0 Å². The lowest BCUT2D eigenvalue weighted by molar-refractivity contribution is -0.317. The highest BCUT2D eigenvalue weighted by molar-refractivity contribution is 5.87. The van der Waals surface area contributed by atoms with Crippen LogP contribution < -0.4 is 0 Å². The van der Waals surface area contributed by atoms with Crippen LogP contribution in [0.25, 0.3) is 0 Å². The van der Waals surface area contributed by atoms with E-state index >= 15 is 0 Å². The van der Waals surface area contributed by atoms with Gasteiger partial charge in [-0.25, -0.2) is 9.59 Å². The van der Waals surface area contributed by atoms with Crippen LogP contribution in [0, 0.1) is 5.92 Å². The van der Waals surface area contributed by atoms with Gasteiger partial charge < -0.3 is 14.2 Å². The highest BCUT2D eigenvalue weighted by atomic mass is 16.7. The fraction of sp³-hybridized carbons (Fsp3) is 0.708. The molecule has 0 aromatic heterocycles. The van der Waals surface area contributed by atoms with Crippen LogP contribution in [0.1, 0.15) is 67.2 Å². The van der Waals surface area contributed by atoms with Gasteiger partial charge in [-0.2, -0.15) is 5.06 Å². The maximum atomic E-state index is 12.2. The summed E-state index contributed by atoms with van der Waals surface area (Å²) < 4.78 is 15.6. The number of hydrogen-bond donors (Lipinski definition) is 0. The number of esters is 3. The summed E-state index contributed by atoms with van der Waals surface area (Å²) >= 11 is 0. The molecule has 1 aliphatic rings. The van der Waals surface area contributed by atoms with Crippen molar-refractivity contribution < 1.29 is 33.4 Å². The SMILES string of the molecule is C=CC(=O)OCCOC(=O)CCON1C(C)(CC)CC(OC(=O)C(=C)C)C(C)C1(C)CC. The quantitative estimate of drug-likeness (QED) is 0.191. The summed E-state index contributed by atoms with van der Waals surface area (Å²) in [6.45, 7) is 19.1. The summed E-state index contributed by atoms with van der Waals surface area (Å²) in [7, 11) is 0. The molecule has 0 amide bonds. The van der Waals surface area contributed by atoms with Crippen molar-refractivity contribution in [1.82, 2.24) is 5.06 Å². The van der Waals surface area contributed by atoms with Crippen LogP contribution in [0.4, 0.5) is 0 Å². The fourth-order valence-corrected chi connectivity index (χ4v) is 3.98. The van der Waals surface area contributed by atoms with E-state index in [1.54, 1.807) is 6.92 Å². The average molecular weight is 454 g/mol. The molecule has 4 atom stereocenters. The molecule has 0 spiro atoms. The second-order valence-corrected chi connectivity index (χ2v) is 8.75. The zero-order valence-corrected chi connectivity index (χ0v) is 20.4. The Bertz CT molecular complexity index is 706. The molecule has 0 radical (unpaired) electrons. The van der Waals surface area contributed by atoms with Gasteiger partial charge in [0.15, 0.2) is 0 Å². The molecule has 0 saturated carbocycles. The van der Waals surface area contributed by atoms with E-state index in [9.17, 15) is 14.4 Å². The van der Waals surface area contributed by atoms with Gasteiger partial charge in [0.05, 0.1) is 13.0 Å². The second kappa shape index (κ2) is 12.2. The van der Waals surface area contributed by atoms with E-state index in [1.165, 1.54) is 0 Å². The van der Waals surface area contributed by atoms with Crippen molar-refractivity contribution in [3.05, 3.63) is 24.8 Å². The zero-order chi connectivity index (χ0) is 24.5. The molecule has 0 bridgehead atoms. The lowest BCUT2D eigenvalue weighted by Crippen LogP contribution is -2.68. The minimum absolute atomic E-state index is 0.00178. The lowest BCUT2D eigenvalue weighted by atomic mass is 9.69. The lowest BCUT2D eigenvalue weighted by Gasteiger charge is -2.58. The Balaban J connectivity index is 2.78. The molecule has 0 aliphatic carbocycles. The van der Waals surface area contributed by atoms with Gasteiger partial charge in [-0.3, -0.25) is 9.63 Å². The molecule has 0 aromatic carbocycles. The third-order valence-corrected chi connectivity index (χ3v) is 6.50. The Morgan fingerprint density at radius 2 is 1.72 bits per heavy atom. The molecule has 4 unspecified atom stereocenters. The summed E-state index contributed by atoms with van der Waals surface area (Å²) in [6, 6.07) is 0. The molecule has 8 heteroatoms. The topological polar surface area (TPSA) is 91.4 Å². The fourth-order valence-electron chi connectivity index (χ4n) is 3.98. The van der Waals surface area contributed by atoms with Crippen molar-refractivity contribution in [1.29, 1.82) is 0 Å². The minimum atomic E-state index is -0.562. The van der Waals surface area contributed by atoms with Gasteiger partial charge in [0, 0.05) is 35.1 Å². The maximum Gasteiger partial charge on any atom is 0.333 e. The van der Waals surface area contributed by atoms with Crippen molar-refractivity contribution in [2.75, 3.05) is 19.8 Å². The summed E-state index contributed by atoms with van der Waals surface area (Å²) in [5.41, 5.74) is -0.420. The van der Waals surface area contributed by atoms with Crippen LogP contribution in [0.2, 0.25) is 0 Å². The number of ether oxygens (including phenoxy) is 3. The van der Waals surface area contributed by atoms with Gasteiger partial charge in [0.25, 0.3) is 0 Å². The molecule has 1 saturated heterocycles. The number of nitrogens with zero attached hydrogens (tertiary/aromatic N) is 1. The van der Waals surface area contributed by atoms with Crippen molar-refractivity contribution in [2.24, 2.45) is 5.92 Å². The van der Waals surface area contributed by atoms with Gasteiger partial charge in [0.1, 0.15) is 19.3 Å². The number of carbonyl (C=O) groups excluding carboxylic acids is 3. The van der Waals surface area contributed by atoms with Crippen molar-refractivity contribution in [2.45, 2.75) is 84.4 Å². The summed E-state index contributed by atoms with van der Waals surface area (Å²) in [5.74, 6) is -1.38. The predicted octanol–water partition coefficient (Wildman–Crippen LogP) is 3.75. The summed E-state index contributed by atoms with van der Waals surface area (Å²) in [6.07, 6.45) is 3.00. The van der Waals surface area contributed by atoms with Crippen molar-refractivity contribution >= 4 is 17.9 Å². The second-order valence-electron chi connectivity index (χ2n) is 8.75. The predicted molar refractivity (Wildman–Crippen MR) is 120 cm³/mol. The Morgan fingerprint density at radius 1 is 1.09 bits per heavy atom. The van der Waals surface area contributed by atoms with Crippen LogP contribution in [-0.4, -0.2) is 60.0 Å². The molecule has 1 rings (SSSR count). The molecule has 8 nitrogen and oxygen atoms in total. The normalized spacial score (nSPS) is 27.9. The first-order valence-corrected chi connectivity index (χ1v) is 11.2. The Morgan fingerprint density at radius 3 is 2.25 bits per heavy atom. The molecule has 1 fully saturated rings. The standard InChI is InChI=1S/C24H39NO7/c1-9-20(26)29-14-15-30-21(27)12-13-31-25-23(7,10-2)16-19(32-22(28)17(4)5)18(6)24(25,8)11-3/h9,18-19H,1,4,10-16H2,2-3,5-8H3. The van der Waals surface area contributed by atoms with Gasteiger partial charge in [0.2, 0.25) is 0 Å². The van der Waals surface area contributed by atoms with E-state index in [0.717, 1.165) is 18.9 Å². The monoisotopic (exact) mass is 453 g/mol. The van der Waals surface area contributed by atoms with Gasteiger partial charge in [-0.05, 0) is 33.6 Å². The van der Waals surface area contributed by atoms with Crippen LogP contribution in [0.3, 0.4) is 0 Å². The van der Waals surface area contributed by atoms with Crippen LogP contribution in [-0.2, 0) is 33.4 Å². The van der Waals surface area contributed by atoms with Crippen molar-refractivity contribution in [3.8, 4) is 0 Å². The van der Waals surface area contributed by atoms with Gasteiger partial charge >= 0.3 is 17.9 Å². The number of hydroxylamine groups is 2. The zero-order valence-electron chi connectivity index (χ0n) is 20.4. The largest absolute Gasteiger partial charge is 0.462 e. The van der Waals surface area contributed by atoms with E-state index in [4.69, 9.17) is 19.0 Å². The van der Waals surface area contributed by atoms with E-state index < -0.39 is 17.5 Å². The molecule has 182 valence electrons. The highest BCUT2D eigenvalue weighted by Crippen LogP contribution is 2.46. The summed E-state index contributed by atoms with van der Waals surface area (Å²) in [5, 5.41) is 1.99.